The van der Waals surface area contributed by atoms with Crippen molar-refractivity contribution in [3.05, 3.63) is 35.8 Å². The number of hydrogen-bond donors (Lipinski definition) is 0. The SMILES string of the molecule is COc1cc(C#N)ccc1OCC1CCCN(c2ncnc3onc(C)c23)C1. The molecule has 4 rings (SSSR count). The predicted molar refractivity (Wildman–Crippen MR) is 102 cm³/mol. The number of fused-ring (bicyclic) bond motifs is 1. The summed E-state index contributed by atoms with van der Waals surface area (Å²) in [6.45, 7) is 4.22. The maximum Gasteiger partial charge on any atom is 0.263 e. The molecule has 144 valence electrons. The van der Waals surface area contributed by atoms with Crippen LogP contribution in [0, 0.1) is 24.2 Å². The van der Waals surface area contributed by atoms with Crippen LogP contribution in [-0.4, -0.2) is 41.9 Å². The Morgan fingerprint density at radius 2 is 2.21 bits per heavy atom. The molecule has 0 spiro atoms. The Balaban J connectivity index is 1.47. The fourth-order valence-electron chi connectivity index (χ4n) is 3.60. The van der Waals surface area contributed by atoms with Crippen molar-refractivity contribution in [2.45, 2.75) is 19.8 Å². The number of methoxy groups -OCH3 is 1. The van der Waals surface area contributed by atoms with Gasteiger partial charge in [-0.25, -0.2) is 4.98 Å². The Morgan fingerprint density at radius 3 is 3.04 bits per heavy atom. The molecule has 8 nitrogen and oxygen atoms in total. The molecule has 3 aromatic rings. The maximum atomic E-state index is 9.03. The first-order chi connectivity index (χ1) is 13.7. The van der Waals surface area contributed by atoms with Gasteiger partial charge in [-0.3, -0.25) is 0 Å². The average Bonchev–Trinajstić information content (AvgIpc) is 3.13. The zero-order valence-corrected chi connectivity index (χ0v) is 15.9. The van der Waals surface area contributed by atoms with E-state index in [0.29, 0.717) is 35.3 Å². The zero-order chi connectivity index (χ0) is 19.5. The van der Waals surface area contributed by atoms with Crippen LogP contribution in [0.2, 0.25) is 0 Å². The van der Waals surface area contributed by atoms with Crippen molar-refractivity contribution in [1.29, 1.82) is 5.26 Å². The number of aromatic nitrogens is 3. The molecule has 8 heteroatoms. The van der Waals surface area contributed by atoms with E-state index in [1.54, 1.807) is 25.3 Å². The van der Waals surface area contributed by atoms with Crippen LogP contribution in [-0.2, 0) is 0 Å². The minimum Gasteiger partial charge on any atom is -0.493 e. The fourth-order valence-corrected chi connectivity index (χ4v) is 3.60. The molecular weight excluding hydrogens is 358 g/mol. The highest BCUT2D eigenvalue weighted by Gasteiger charge is 2.25. The van der Waals surface area contributed by atoms with Crippen molar-refractivity contribution >= 4 is 16.9 Å². The number of nitriles is 1. The number of hydrogen-bond acceptors (Lipinski definition) is 8. The van der Waals surface area contributed by atoms with E-state index in [0.717, 1.165) is 42.8 Å². The molecule has 1 saturated heterocycles. The molecule has 1 fully saturated rings. The smallest absolute Gasteiger partial charge is 0.263 e. The molecule has 1 aromatic carbocycles. The van der Waals surface area contributed by atoms with Crippen LogP contribution in [0.5, 0.6) is 11.5 Å². The maximum absolute atomic E-state index is 9.03. The van der Waals surface area contributed by atoms with Crippen LogP contribution in [0.15, 0.2) is 29.0 Å². The Bertz CT molecular complexity index is 1030. The van der Waals surface area contributed by atoms with E-state index >= 15 is 0 Å². The summed E-state index contributed by atoms with van der Waals surface area (Å²) < 4.78 is 16.6. The van der Waals surface area contributed by atoms with Gasteiger partial charge < -0.3 is 18.9 Å². The van der Waals surface area contributed by atoms with Crippen LogP contribution in [0.1, 0.15) is 24.1 Å². The second kappa shape index (κ2) is 7.72. The highest BCUT2D eigenvalue weighted by Crippen LogP contribution is 2.31. The van der Waals surface area contributed by atoms with E-state index in [-0.39, 0.29) is 0 Å². The summed E-state index contributed by atoms with van der Waals surface area (Å²) in [5.41, 5.74) is 1.86. The molecular formula is C20H21N5O3. The topological polar surface area (TPSA) is 97.3 Å². The van der Waals surface area contributed by atoms with Crippen molar-refractivity contribution in [3.8, 4) is 17.6 Å². The molecule has 1 aliphatic rings. The van der Waals surface area contributed by atoms with Gasteiger partial charge >= 0.3 is 0 Å². The number of piperidine rings is 1. The lowest BCUT2D eigenvalue weighted by Gasteiger charge is -2.33. The summed E-state index contributed by atoms with van der Waals surface area (Å²) in [4.78, 5) is 10.9. The van der Waals surface area contributed by atoms with Gasteiger partial charge in [-0.1, -0.05) is 5.16 Å². The van der Waals surface area contributed by atoms with Gasteiger partial charge in [0.05, 0.1) is 31.0 Å². The van der Waals surface area contributed by atoms with Crippen molar-refractivity contribution < 1.29 is 14.0 Å². The van der Waals surface area contributed by atoms with Gasteiger partial charge in [0, 0.05) is 25.1 Å². The van der Waals surface area contributed by atoms with Crippen molar-refractivity contribution in [2.75, 3.05) is 31.7 Å². The van der Waals surface area contributed by atoms with Gasteiger partial charge in [0.25, 0.3) is 5.71 Å². The van der Waals surface area contributed by atoms with E-state index in [1.807, 2.05) is 6.92 Å². The minimum atomic E-state index is 0.347. The molecule has 1 atom stereocenters. The number of aryl methyl sites for hydroxylation is 1. The number of rotatable bonds is 5. The zero-order valence-electron chi connectivity index (χ0n) is 15.9. The van der Waals surface area contributed by atoms with Crippen LogP contribution in [0.4, 0.5) is 5.82 Å². The first-order valence-electron chi connectivity index (χ1n) is 9.22. The Hall–Kier alpha value is -3.34. The van der Waals surface area contributed by atoms with Gasteiger partial charge in [0.15, 0.2) is 11.5 Å². The highest BCUT2D eigenvalue weighted by molar-refractivity contribution is 5.87. The second-order valence-electron chi connectivity index (χ2n) is 6.89. The van der Waals surface area contributed by atoms with Gasteiger partial charge in [0.2, 0.25) is 0 Å². The molecule has 28 heavy (non-hydrogen) atoms. The van der Waals surface area contributed by atoms with Crippen molar-refractivity contribution in [1.82, 2.24) is 15.1 Å². The van der Waals surface area contributed by atoms with Crippen molar-refractivity contribution in [3.63, 3.8) is 0 Å². The van der Waals surface area contributed by atoms with Gasteiger partial charge in [-0.05, 0) is 31.9 Å². The lowest BCUT2D eigenvalue weighted by atomic mass is 9.98. The molecule has 2 aromatic heterocycles. The van der Waals surface area contributed by atoms with Crippen LogP contribution < -0.4 is 14.4 Å². The van der Waals surface area contributed by atoms with Gasteiger partial charge in [0.1, 0.15) is 17.5 Å². The largest absolute Gasteiger partial charge is 0.493 e. The lowest BCUT2D eigenvalue weighted by molar-refractivity contribution is 0.220. The number of ether oxygens (including phenoxy) is 2. The molecule has 1 unspecified atom stereocenters. The van der Waals surface area contributed by atoms with Crippen LogP contribution in [0.25, 0.3) is 11.1 Å². The van der Waals surface area contributed by atoms with E-state index in [2.05, 4.69) is 26.1 Å². The Morgan fingerprint density at radius 1 is 1.32 bits per heavy atom. The van der Waals surface area contributed by atoms with Gasteiger partial charge in [-0.15, -0.1) is 0 Å². The molecule has 1 aliphatic heterocycles. The molecule has 0 radical (unpaired) electrons. The quantitative estimate of drug-likeness (QED) is 0.667. The summed E-state index contributed by atoms with van der Waals surface area (Å²) in [5.74, 6) is 2.44. The first kappa shape index (κ1) is 18.0. The highest BCUT2D eigenvalue weighted by atomic mass is 16.5. The third-order valence-corrected chi connectivity index (χ3v) is 5.01. The predicted octanol–water partition coefficient (Wildman–Crippen LogP) is 3.10. The standard InChI is InChI=1S/C20H21N5O3/c1-13-18-19(22-12-23-20(18)28-24-13)25-7-3-4-15(10-25)11-27-16-6-5-14(9-21)8-17(16)26-2/h5-6,8,12,15H,3-4,7,10-11H2,1-2H3. The molecule has 0 aliphatic carbocycles. The van der Waals surface area contributed by atoms with E-state index in [4.69, 9.17) is 19.3 Å². The summed E-state index contributed by atoms with van der Waals surface area (Å²) in [5, 5.41) is 13.9. The number of nitrogens with zero attached hydrogens (tertiary/aromatic N) is 5. The molecule has 0 amide bonds. The molecule has 0 N–H and O–H groups in total. The van der Waals surface area contributed by atoms with Crippen LogP contribution >= 0.6 is 0 Å². The summed E-state index contributed by atoms with van der Waals surface area (Å²) in [7, 11) is 1.58. The fraction of sp³-hybridized carbons (Fsp3) is 0.400. The van der Waals surface area contributed by atoms with E-state index < -0.39 is 0 Å². The molecule has 0 bridgehead atoms. The monoisotopic (exact) mass is 379 g/mol. The average molecular weight is 379 g/mol. The normalized spacial score (nSPS) is 16.8. The van der Waals surface area contributed by atoms with Gasteiger partial charge in [-0.2, -0.15) is 10.2 Å². The second-order valence-corrected chi connectivity index (χ2v) is 6.89. The minimum absolute atomic E-state index is 0.347. The van der Waals surface area contributed by atoms with E-state index in [9.17, 15) is 0 Å². The molecule has 0 saturated carbocycles. The lowest BCUT2D eigenvalue weighted by Crippen LogP contribution is -2.38. The summed E-state index contributed by atoms with van der Waals surface area (Å²) >= 11 is 0. The third-order valence-electron chi connectivity index (χ3n) is 5.01. The third kappa shape index (κ3) is 3.43. The Kier molecular flexibility index (Phi) is 4.98. The van der Waals surface area contributed by atoms with Crippen molar-refractivity contribution in [2.24, 2.45) is 5.92 Å². The summed E-state index contributed by atoms with van der Waals surface area (Å²) in [6, 6.07) is 7.32. The van der Waals surface area contributed by atoms with Crippen LogP contribution in [0.3, 0.4) is 0 Å². The van der Waals surface area contributed by atoms with E-state index in [1.165, 1.54) is 6.33 Å². The molecule has 3 heterocycles. The summed E-state index contributed by atoms with van der Waals surface area (Å²) in [6.07, 6.45) is 3.64. The first-order valence-corrected chi connectivity index (χ1v) is 9.22. The number of anilines is 1. The Labute approximate surface area is 162 Å². The number of benzene rings is 1.